The Bertz CT molecular complexity index is 1210. The first-order valence-electron chi connectivity index (χ1n) is 9.79. The van der Waals surface area contributed by atoms with E-state index in [4.69, 9.17) is 20.8 Å². The summed E-state index contributed by atoms with van der Waals surface area (Å²) < 4.78 is 11.5. The number of halogens is 1. The van der Waals surface area contributed by atoms with E-state index in [1.165, 1.54) is 11.8 Å². The monoisotopic (exact) mass is 483 g/mol. The summed E-state index contributed by atoms with van der Waals surface area (Å²) in [4.78, 5) is 28.6. The molecular formula is C24H18ClNO4S2. The molecule has 162 valence electrons. The summed E-state index contributed by atoms with van der Waals surface area (Å²) >= 11 is 8.78. The highest BCUT2D eigenvalue weighted by Gasteiger charge is 2.23. The number of furan rings is 1. The van der Waals surface area contributed by atoms with Crippen LogP contribution in [0.15, 0.2) is 75.8 Å². The largest absolute Gasteiger partial charge is 0.462 e. The number of hydrogen-bond donors (Lipinski definition) is 0. The molecule has 1 aliphatic rings. The summed E-state index contributed by atoms with van der Waals surface area (Å²) in [7, 11) is 0. The van der Waals surface area contributed by atoms with Crippen LogP contribution in [-0.4, -0.2) is 22.1 Å². The predicted molar refractivity (Wildman–Crippen MR) is 131 cm³/mol. The van der Waals surface area contributed by atoms with E-state index in [1.807, 2.05) is 30.3 Å². The molecule has 0 saturated carbocycles. The highest BCUT2D eigenvalue weighted by Crippen LogP contribution is 2.34. The molecule has 1 aliphatic heterocycles. The zero-order valence-corrected chi connectivity index (χ0v) is 19.4. The maximum atomic E-state index is 12.4. The highest BCUT2D eigenvalue weighted by atomic mass is 35.5. The Hall–Kier alpha value is -2.74. The van der Waals surface area contributed by atoms with E-state index in [-0.39, 0.29) is 11.1 Å². The quantitative estimate of drug-likeness (QED) is 0.287. The van der Waals surface area contributed by atoms with Crippen molar-refractivity contribution in [1.82, 2.24) is 0 Å². The SMILES string of the molecule is CCOC(=O)c1ccc(-c2ccc(C=C3N=C(SCc4ccccc4Cl)SC3=O)o2)cc1. The number of esters is 1. The Balaban J connectivity index is 1.44. The normalized spacial score (nSPS) is 14.6. The van der Waals surface area contributed by atoms with Crippen LogP contribution < -0.4 is 0 Å². The second kappa shape index (κ2) is 10.3. The van der Waals surface area contributed by atoms with Gasteiger partial charge in [-0.15, -0.1) is 0 Å². The number of ether oxygens (including phenoxy) is 1. The molecule has 0 unspecified atom stereocenters. The average molecular weight is 484 g/mol. The van der Waals surface area contributed by atoms with Crippen molar-refractivity contribution < 1.29 is 18.7 Å². The van der Waals surface area contributed by atoms with Crippen LogP contribution in [0.5, 0.6) is 0 Å². The molecule has 0 spiro atoms. The average Bonchev–Trinajstić information content (AvgIpc) is 3.40. The van der Waals surface area contributed by atoms with Crippen molar-refractivity contribution in [3.63, 3.8) is 0 Å². The fourth-order valence-corrected chi connectivity index (χ4v) is 5.04. The molecule has 2 aromatic carbocycles. The standard InChI is InChI=1S/C24H18ClNO4S2/c1-2-29-22(27)16-9-7-15(8-10-16)21-12-11-18(30-21)13-20-23(28)32-24(26-20)31-14-17-5-3-4-6-19(17)25/h3-13H,2,14H2,1H3. The number of thioether (sulfide) groups is 2. The van der Waals surface area contributed by atoms with Crippen LogP contribution in [0.3, 0.4) is 0 Å². The van der Waals surface area contributed by atoms with Crippen molar-refractivity contribution in [2.24, 2.45) is 4.99 Å². The van der Waals surface area contributed by atoms with E-state index in [2.05, 4.69) is 4.99 Å². The molecule has 8 heteroatoms. The molecule has 1 aromatic heterocycles. The minimum absolute atomic E-state index is 0.122. The van der Waals surface area contributed by atoms with Gasteiger partial charge in [0.2, 0.25) is 5.12 Å². The summed E-state index contributed by atoms with van der Waals surface area (Å²) in [6.07, 6.45) is 1.63. The molecule has 5 nitrogen and oxygen atoms in total. The van der Waals surface area contributed by atoms with Gasteiger partial charge >= 0.3 is 5.97 Å². The van der Waals surface area contributed by atoms with Gasteiger partial charge in [0, 0.05) is 22.4 Å². The zero-order chi connectivity index (χ0) is 22.5. The third-order valence-electron chi connectivity index (χ3n) is 4.50. The highest BCUT2D eigenvalue weighted by molar-refractivity contribution is 8.45. The van der Waals surface area contributed by atoms with Gasteiger partial charge in [-0.1, -0.05) is 53.7 Å². The van der Waals surface area contributed by atoms with Crippen LogP contribution in [0, 0.1) is 0 Å². The van der Waals surface area contributed by atoms with Gasteiger partial charge in [-0.2, -0.15) is 0 Å². The number of nitrogens with zero attached hydrogens (tertiary/aromatic N) is 1. The molecule has 4 rings (SSSR count). The molecule has 0 bridgehead atoms. The van der Waals surface area contributed by atoms with E-state index < -0.39 is 0 Å². The fourth-order valence-electron chi connectivity index (χ4n) is 2.91. The topological polar surface area (TPSA) is 68.9 Å². The molecule has 0 N–H and O–H groups in total. The van der Waals surface area contributed by atoms with Gasteiger partial charge in [-0.25, -0.2) is 9.79 Å². The first kappa shape index (κ1) is 22.5. The molecule has 32 heavy (non-hydrogen) atoms. The molecular weight excluding hydrogens is 466 g/mol. The Labute approximate surface area is 198 Å². The summed E-state index contributed by atoms with van der Waals surface area (Å²) in [5, 5.41) is 0.576. The van der Waals surface area contributed by atoms with E-state index in [1.54, 1.807) is 43.3 Å². The molecule has 0 atom stereocenters. The fraction of sp³-hybridized carbons (Fsp3) is 0.125. The van der Waals surface area contributed by atoms with Crippen LogP contribution >= 0.6 is 35.1 Å². The maximum absolute atomic E-state index is 12.4. The number of carbonyl (C=O) groups is 2. The van der Waals surface area contributed by atoms with Crippen molar-refractivity contribution in [1.29, 1.82) is 0 Å². The van der Waals surface area contributed by atoms with Crippen molar-refractivity contribution >= 4 is 56.7 Å². The number of carbonyl (C=O) groups excluding carboxylic acids is 2. The van der Waals surface area contributed by atoms with Gasteiger partial charge in [0.25, 0.3) is 0 Å². The molecule has 2 heterocycles. The molecule has 0 saturated heterocycles. The summed E-state index contributed by atoms with van der Waals surface area (Å²) in [5.41, 5.74) is 2.63. The lowest BCUT2D eigenvalue weighted by molar-refractivity contribution is -0.107. The lowest BCUT2D eigenvalue weighted by Crippen LogP contribution is -2.03. The number of benzene rings is 2. The van der Waals surface area contributed by atoms with Crippen LogP contribution in [-0.2, 0) is 15.3 Å². The van der Waals surface area contributed by atoms with Crippen molar-refractivity contribution in [3.05, 3.63) is 88.3 Å². The third-order valence-corrected chi connectivity index (χ3v) is 6.92. The second-order valence-corrected chi connectivity index (χ2v) is 9.27. The summed E-state index contributed by atoms with van der Waals surface area (Å²) in [6.45, 7) is 2.10. The maximum Gasteiger partial charge on any atom is 0.338 e. The number of aliphatic imine (C=N–C) groups is 1. The van der Waals surface area contributed by atoms with Gasteiger partial charge < -0.3 is 9.15 Å². The minimum atomic E-state index is -0.359. The first-order valence-corrected chi connectivity index (χ1v) is 12.0. The first-order chi connectivity index (χ1) is 15.5. The van der Waals surface area contributed by atoms with Gasteiger partial charge in [0.05, 0.1) is 12.2 Å². The van der Waals surface area contributed by atoms with E-state index in [0.717, 1.165) is 22.9 Å². The Morgan fingerprint density at radius 2 is 1.94 bits per heavy atom. The lowest BCUT2D eigenvalue weighted by atomic mass is 10.1. The van der Waals surface area contributed by atoms with Crippen LogP contribution in [0.25, 0.3) is 17.4 Å². The van der Waals surface area contributed by atoms with Crippen LogP contribution in [0.2, 0.25) is 5.02 Å². The smallest absolute Gasteiger partial charge is 0.338 e. The lowest BCUT2D eigenvalue weighted by Gasteiger charge is -2.02. The number of hydrogen-bond acceptors (Lipinski definition) is 7. The second-order valence-electron chi connectivity index (χ2n) is 6.68. The third kappa shape index (κ3) is 5.35. The molecule has 0 aliphatic carbocycles. The van der Waals surface area contributed by atoms with Gasteiger partial charge in [-0.05, 0) is 54.6 Å². The molecule has 0 amide bonds. The Morgan fingerprint density at radius 3 is 2.69 bits per heavy atom. The zero-order valence-electron chi connectivity index (χ0n) is 17.0. The van der Waals surface area contributed by atoms with Crippen molar-refractivity contribution in [2.75, 3.05) is 6.61 Å². The molecule has 0 radical (unpaired) electrons. The van der Waals surface area contributed by atoms with Crippen molar-refractivity contribution in [2.45, 2.75) is 12.7 Å². The van der Waals surface area contributed by atoms with Crippen molar-refractivity contribution in [3.8, 4) is 11.3 Å². The van der Waals surface area contributed by atoms with Gasteiger partial charge in [0.15, 0.2) is 0 Å². The minimum Gasteiger partial charge on any atom is -0.462 e. The Morgan fingerprint density at radius 1 is 1.16 bits per heavy atom. The summed E-state index contributed by atoms with van der Waals surface area (Å²) in [5.74, 6) is 1.43. The van der Waals surface area contributed by atoms with E-state index in [0.29, 0.717) is 44.5 Å². The molecule has 0 fully saturated rings. The summed E-state index contributed by atoms with van der Waals surface area (Å²) in [6, 6.07) is 18.2. The van der Waals surface area contributed by atoms with E-state index in [9.17, 15) is 9.59 Å². The van der Waals surface area contributed by atoms with Gasteiger partial charge in [-0.3, -0.25) is 4.79 Å². The Kier molecular flexibility index (Phi) is 7.19. The molecule has 3 aromatic rings. The van der Waals surface area contributed by atoms with E-state index >= 15 is 0 Å². The number of rotatable bonds is 6. The van der Waals surface area contributed by atoms with Crippen LogP contribution in [0.4, 0.5) is 0 Å². The van der Waals surface area contributed by atoms with Crippen LogP contribution in [0.1, 0.15) is 28.6 Å². The predicted octanol–water partition coefficient (Wildman–Crippen LogP) is 6.68. The van der Waals surface area contributed by atoms with Gasteiger partial charge in [0.1, 0.15) is 21.6 Å².